The van der Waals surface area contributed by atoms with Crippen molar-refractivity contribution >= 4 is 26.0 Å². The van der Waals surface area contributed by atoms with Gasteiger partial charge in [-0.1, -0.05) is 13.8 Å². The van der Waals surface area contributed by atoms with Crippen molar-refractivity contribution in [2.45, 2.75) is 45.0 Å². The van der Waals surface area contributed by atoms with Crippen LogP contribution in [0.2, 0.25) is 0 Å². The molecular formula is C14H22F3NO6S2. The summed E-state index contributed by atoms with van der Waals surface area (Å²) in [5.41, 5.74) is -7.06. The summed E-state index contributed by atoms with van der Waals surface area (Å²) in [4.78, 5) is 12.8. The number of nitrogens with zero attached hydrogens (tertiary/aromatic N) is 1. The number of halogens is 3. The number of hydrogen-bond donors (Lipinski definition) is 1. The zero-order chi connectivity index (χ0) is 20.1. The molecule has 2 aliphatic rings. The maximum absolute atomic E-state index is 13.0. The molecular weight excluding hydrogens is 399 g/mol. The van der Waals surface area contributed by atoms with Gasteiger partial charge in [-0.3, -0.25) is 9.35 Å². The summed E-state index contributed by atoms with van der Waals surface area (Å²) >= 11 is 0. The standard InChI is InChI=1S/C14H22F3NO6S2/c1-9-5-10-7-13(2,8-11(10)6-9)12(19)18(3-4-25(20,21)22)26(23,24)14(15,16)17/h9-11H,3-8H2,1-2H3,(H,20,21,22). The third-order valence-electron chi connectivity index (χ3n) is 5.38. The molecule has 7 nitrogen and oxygen atoms in total. The van der Waals surface area contributed by atoms with E-state index in [1.54, 1.807) is 0 Å². The van der Waals surface area contributed by atoms with Crippen LogP contribution in [0.1, 0.15) is 39.5 Å². The van der Waals surface area contributed by atoms with E-state index in [1.165, 1.54) is 6.92 Å². The number of carbonyl (C=O) groups excluding carboxylic acids is 1. The van der Waals surface area contributed by atoms with Gasteiger partial charge in [0.15, 0.2) is 0 Å². The molecule has 2 fully saturated rings. The first-order chi connectivity index (χ1) is 11.6. The van der Waals surface area contributed by atoms with E-state index in [1.807, 2.05) is 6.92 Å². The van der Waals surface area contributed by atoms with Gasteiger partial charge >= 0.3 is 15.5 Å². The molecule has 2 saturated carbocycles. The van der Waals surface area contributed by atoms with Gasteiger partial charge in [0.05, 0.1) is 12.3 Å². The minimum atomic E-state index is -6.06. The van der Waals surface area contributed by atoms with Gasteiger partial charge in [0, 0.05) is 5.41 Å². The molecule has 0 heterocycles. The molecule has 1 N–H and O–H groups in total. The highest BCUT2D eigenvalue weighted by atomic mass is 32.2. The van der Waals surface area contributed by atoms with Crippen molar-refractivity contribution in [2.75, 3.05) is 12.3 Å². The first kappa shape index (κ1) is 21.4. The number of alkyl halides is 3. The van der Waals surface area contributed by atoms with Crippen molar-refractivity contribution in [1.82, 2.24) is 4.31 Å². The Bertz CT molecular complexity index is 763. The Morgan fingerprint density at radius 1 is 1.15 bits per heavy atom. The van der Waals surface area contributed by atoms with Crippen LogP contribution in [0.25, 0.3) is 0 Å². The fraction of sp³-hybridized carbons (Fsp3) is 0.929. The predicted octanol–water partition coefficient (Wildman–Crippen LogP) is 2.01. The van der Waals surface area contributed by atoms with Crippen LogP contribution in [0.15, 0.2) is 0 Å². The quantitative estimate of drug-likeness (QED) is 0.681. The molecule has 2 unspecified atom stereocenters. The third-order valence-corrected chi connectivity index (χ3v) is 7.59. The largest absolute Gasteiger partial charge is 0.516 e. The van der Waals surface area contributed by atoms with E-state index in [2.05, 4.69) is 0 Å². The summed E-state index contributed by atoms with van der Waals surface area (Å²) < 4.78 is 92.6. The van der Waals surface area contributed by atoms with Gasteiger partial charge in [-0.05, 0) is 43.4 Å². The molecule has 0 bridgehead atoms. The lowest BCUT2D eigenvalue weighted by Gasteiger charge is -2.32. The molecule has 0 aliphatic heterocycles. The normalized spacial score (nSPS) is 32.5. The van der Waals surface area contributed by atoms with Crippen LogP contribution >= 0.6 is 0 Å². The molecule has 2 rings (SSSR count). The average molecular weight is 421 g/mol. The van der Waals surface area contributed by atoms with E-state index in [4.69, 9.17) is 4.55 Å². The van der Waals surface area contributed by atoms with E-state index in [0.29, 0.717) is 5.92 Å². The summed E-state index contributed by atoms with van der Waals surface area (Å²) in [5.74, 6) is -1.85. The number of fused-ring (bicyclic) bond motifs is 1. The van der Waals surface area contributed by atoms with E-state index in [9.17, 15) is 34.8 Å². The smallest absolute Gasteiger partial charge is 0.285 e. The van der Waals surface area contributed by atoms with Crippen molar-refractivity contribution in [1.29, 1.82) is 0 Å². The van der Waals surface area contributed by atoms with Crippen LogP contribution in [0.5, 0.6) is 0 Å². The van der Waals surface area contributed by atoms with Gasteiger partial charge in [-0.2, -0.15) is 30.0 Å². The summed E-state index contributed by atoms with van der Waals surface area (Å²) in [7, 11) is -10.8. The van der Waals surface area contributed by atoms with Crippen molar-refractivity contribution in [3.63, 3.8) is 0 Å². The van der Waals surface area contributed by atoms with Gasteiger partial charge in [-0.15, -0.1) is 0 Å². The summed E-state index contributed by atoms with van der Waals surface area (Å²) in [6, 6.07) is 0. The van der Waals surface area contributed by atoms with Crippen molar-refractivity contribution in [3.05, 3.63) is 0 Å². The van der Waals surface area contributed by atoms with Crippen LogP contribution in [0.4, 0.5) is 13.2 Å². The van der Waals surface area contributed by atoms with Crippen molar-refractivity contribution in [2.24, 2.45) is 23.2 Å². The van der Waals surface area contributed by atoms with Crippen LogP contribution in [-0.4, -0.2) is 49.4 Å². The second-order valence-electron chi connectivity index (χ2n) is 7.68. The summed E-state index contributed by atoms with van der Waals surface area (Å²) in [6.45, 7) is 2.19. The van der Waals surface area contributed by atoms with Gasteiger partial charge in [0.1, 0.15) is 0 Å². The molecule has 26 heavy (non-hydrogen) atoms. The van der Waals surface area contributed by atoms with Crippen molar-refractivity contribution < 1.29 is 39.4 Å². The fourth-order valence-electron chi connectivity index (χ4n) is 4.39. The summed E-state index contributed by atoms with van der Waals surface area (Å²) in [5, 5.41) is 0. The Morgan fingerprint density at radius 2 is 1.62 bits per heavy atom. The van der Waals surface area contributed by atoms with Gasteiger partial charge in [0.25, 0.3) is 10.1 Å². The van der Waals surface area contributed by atoms with Gasteiger partial charge < -0.3 is 0 Å². The highest BCUT2D eigenvalue weighted by Gasteiger charge is 2.57. The van der Waals surface area contributed by atoms with Crippen molar-refractivity contribution in [3.8, 4) is 0 Å². The Morgan fingerprint density at radius 3 is 2.00 bits per heavy atom. The minimum Gasteiger partial charge on any atom is -0.285 e. The molecule has 0 aromatic heterocycles. The van der Waals surface area contributed by atoms with E-state index in [-0.39, 0.29) is 24.7 Å². The average Bonchev–Trinajstić information content (AvgIpc) is 2.89. The molecule has 0 saturated heterocycles. The van der Waals surface area contributed by atoms with Crippen LogP contribution in [-0.2, 0) is 24.9 Å². The number of carbonyl (C=O) groups is 1. The van der Waals surface area contributed by atoms with E-state index < -0.39 is 53.6 Å². The second-order valence-corrected chi connectivity index (χ2v) is 11.1. The molecule has 12 heteroatoms. The molecule has 0 aromatic rings. The SMILES string of the molecule is CC1CC2CC(C)(C(=O)N(CCS(=O)(=O)O)S(=O)(=O)C(F)(F)F)CC2C1. The Labute approximate surface area is 150 Å². The van der Waals surface area contributed by atoms with Crippen LogP contribution in [0.3, 0.4) is 0 Å². The number of hydrogen-bond acceptors (Lipinski definition) is 5. The van der Waals surface area contributed by atoms with Gasteiger partial charge in [-0.25, -0.2) is 4.31 Å². The zero-order valence-electron chi connectivity index (χ0n) is 14.4. The first-order valence-electron chi connectivity index (χ1n) is 8.15. The Hall–Kier alpha value is -0.880. The van der Waals surface area contributed by atoms with Crippen LogP contribution < -0.4 is 0 Å². The van der Waals surface area contributed by atoms with E-state index in [0.717, 1.165) is 12.8 Å². The molecule has 2 aliphatic carbocycles. The maximum atomic E-state index is 13.0. The highest BCUT2D eigenvalue weighted by Crippen LogP contribution is 2.55. The predicted molar refractivity (Wildman–Crippen MR) is 85.8 cm³/mol. The minimum absolute atomic E-state index is 0.135. The lowest BCUT2D eigenvalue weighted by molar-refractivity contribution is -0.137. The number of sulfonamides is 1. The first-order valence-corrected chi connectivity index (χ1v) is 11.2. The van der Waals surface area contributed by atoms with Gasteiger partial charge in [0.2, 0.25) is 5.91 Å². The number of amides is 1. The summed E-state index contributed by atoms with van der Waals surface area (Å²) in [6.07, 6.45) is 2.17. The molecule has 152 valence electrons. The highest BCUT2D eigenvalue weighted by molar-refractivity contribution is 7.90. The molecule has 0 aromatic carbocycles. The Balaban J connectivity index is 2.32. The second kappa shape index (κ2) is 6.62. The molecule has 0 spiro atoms. The Kier molecular flexibility index (Phi) is 5.46. The number of rotatable bonds is 5. The fourth-order valence-corrected chi connectivity index (χ4v) is 5.93. The van der Waals surface area contributed by atoms with E-state index >= 15 is 0 Å². The zero-order valence-corrected chi connectivity index (χ0v) is 16.0. The topological polar surface area (TPSA) is 109 Å². The monoisotopic (exact) mass is 421 g/mol. The molecule has 1 amide bonds. The lowest BCUT2D eigenvalue weighted by atomic mass is 9.84. The third kappa shape index (κ3) is 4.16. The molecule has 2 atom stereocenters. The molecule has 0 radical (unpaired) electrons. The van der Waals surface area contributed by atoms with Crippen LogP contribution in [0, 0.1) is 23.2 Å². The maximum Gasteiger partial charge on any atom is 0.516 e. The lowest BCUT2D eigenvalue weighted by Crippen LogP contribution is -2.51.